The second-order valence-electron chi connectivity index (χ2n) is 13.3. The van der Waals surface area contributed by atoms with Crippen LogP contribution in [0.4, 0.5) is 11.4 Å². The molecule has 2 aliphatic heterocycles. The lowest BCUT2D eigenvalue weighted by Crippen LogP contribution is -2.30. The van der Waals surface area contributed by atoms with E-state index in [1.807, 2.05) is 0 Å². The van der Waals surface area contributed by atoms with Crippen LogP contribution in [0.3, 0.4) is 0 Å². The highest BCUT2D eigenvalue weighted by molar-refractivity contribution is 6.10. The highest BCUT2D eigenvalue weighted by Crippen LogP contribution is 2.48. The number of anilines is 2. The van der Waals surface area contributed by atoms with Crippen molar-refractivity contribution in [3.8, 4) is 0 Å². The average Bonchev–Trinajstić information content (AvgIpc) is 3.26. The fourth-order valence-electron chi connectivity index (χ4n) is 7.15. The van der Waals surface area contributed by atoms with Crippen molar-refractivity contribution in [3.63, 3.8) is 0 Å². The van der Waals surface area contributed by atoms with Crippen molar-refractivity contribution in [3.05, 3.63) is 107 Å². The van der Waals surface area contributed by atoms with Gasteiger partial charge in [-0.05, 0) is 68.8 Å². The number of nitrogens with zero attached hydrogens (tertiary/aromatic N) is 4. The van der Waals surface area contributed by atoms with Gasteiger partial charge in [-0.3, -0.25) is 0 Å². The molecule has 2 heterocycles. The standard InChI is InChI=1S/C37H49N4/c1-36(2)29-17-10-12-19-31(29)40(8)33(36)23-21-27-15-14-16-28(35(27)39(7)26-25-38(5)6)22-24-34-37(3,4)30-18-11-13-20-32(30)41(34)9/h10-13,17-24H,14-16,25-26H2,1-9H3/q+1. The average molecular weight is 550 g/mol. The number of rotatable bonds is 5. The van der Waals surface area contributed by atoms with E-state index >= 15 is 0 Å². The van der Waals surface area contributed by atoms with Crippen molar-refractivity contribution in [2.24, 2.45) is 0 Å². The molecule has 0 saturated heterocycles. The van der Waals surface area contributed by atoms with E-state index in [0.29, 0.717) is 0 Å². The molecule has 0 atom stereocenters. The summed E-state index contributed by atoms with van der Waals surface area (Å²) in [5, 5.41) is 0. The van der Waals surface area contributed by atoms with Crippen LogP contribution in [-0.2, 0) is 10.8 Å². The Bertz CT molecular complexity index is 1380. The highest BCUT2D eigenvalue weighted by atomic mass is 15.2. The van der Waals surface area contributed by atoms with Gasteiger partial charge in [0.1, 0.15) is 7.05 Å². The van der Waals surface area contributed by atoms with E-state index in [2.05, 4.69) is 155 Å². The molecule has 4 heteroatoms. The van der Waals surface area contributed by atoms with Gasteiger partial charge in [0, 0.05) is 58.8 Å². The van der Waals surface area contributed by atoms with Crippen LogP contribution in [0.5, 0.6) is 0 Å². The minimum Gasteiger partial charge on any atom is -0.347 e. The molecular weight excluding hydrogens is 500 g/mol. The zero-order valence-electron chi connectivity index (χ0n) is 26.8. The van der Waals surface area contributed by atoms with Crippen LogP contribution in [0, 0.1) is 0 Å². The van der Waals surface area contributed by atoms with Crippen molar-refractivity contribution in [1.82, 2.24) is 4.90 Å². The van der Waals surface area contributed by atoms with Gasteiger partial charge in [-0.25, -0.2) is 4.58 Å². The quantitative estimate of drug-likeness (QED) is 0.364. The Morgan fingerprint density at radius 2 is 1.17 bits per heavy atom. The summed E-state index contributed by atoms with van der Waals surface area (Å²) in [5.74, 6) is 0. The Hall–Kier alpha value is -3.37. The van der Waals surface area contributed by atoms with Gasteiger partial charge in [-0.15, -0.1) is 0 Å². The predicted octanol–water partition coefficient (Wildman–Crippen LogP) is 7.29. The van der Waals surface area contributed by atoms with Crippen molar-refractivity contribution < 1.29 is 4.58 Å². The first-order valence-electron chi connectivity index (χ1n) is 15.2. The number of hydrogen-bond acceptors (Lipinski definition) is 3. The minimum absolute atomic E-state index is 0.0230. The SMILES string of the molecule is CN(C)CC[N+](C)=C1/C(=C/C=C2/N(C)c3ccccc3C2(C)C)CCC/C1=C\C=C1\N(C)c2ccccc2C1(C)C. The predicted molar refractivity (Wildman–Crippen MR) is 177 cm³/mol. The number of benzene rings is 2. The van der Waals surface area contributed by atoms with Crippen molar-refractivity contribution >= 4 is 17.1 Å². The van der Waals surface area contributed by atoms with E-state index in [4.69, 9.17) is 0 Å². The molecule has 0 amide bonds. The zero-order chi connectivity index (χ0) is 29.5. The first kappa shape index (κ1) is 29.1. The minimum atomic E-state index is -0.0230. The number of hydrogen-bond donors (Lipinski definition) is 0. The number of para-hydroxylation sites is 2. The van der Waals surface area contributed by atoms with Gasteiger partial charge in [0.15, 0.2) is 6.54 Å². The van der Waals surface area contributed by atoms with Crippen molar-refractivity contribution in [2.45, 2.75) is 57.8 Å². The Labute approximate surface area is 248 Å². The van der Waals surface area contributed by atoms with Crippen LogP contribution in [0.2, 0.25) is 0 Å². The third kappa shape index (κ3) is 5.23. The van der Waals surface area contributed by atoms with Crippen LogP contribution >= 0.6 is 0 Å². The van der Waals surface area contributed by atoms with E-state index in [1.54, 1.807) is 0 Å². The fourth-order valence-corrected chi connectivity index (χ4v) is 7.15. The Morgan fingerprint density at radius 1 is 0.732 bits per heavy atom. The molecule has 216 valence electrons. The zero-order valence-corrected chi connectivity index (χ0v) is 26.8. The summed E-state index contributed by atoms with van der Waals surface area (Å²) in [5.41, 5.74) is 12.4. The molecular formula is C37H49N4+. The normalized spacial score (nSPS) is 23.3. The maximum atomic E-state index is 2.49. The third-order valence-electron chi connectivity index (χ3n) is 9.53. The lowest BCUT2D eigenvalue weighted by atomic mass is 9.82. The number of allylic oxidation sites excluding steroid dienone is 8. The van der Waals surface area contributed by atoms with Crippen molar-refractivity contribution in [1.29, 1.82) is 0 Å². The van der Waals surface area contributed by atoms with Gasteiger partial charge in [0.25, 0.3) is 0 Å². The molecule has 0 radical (unpaired) electrons. The van der Waals surface area contributed by atoms with E-state index < -0.39 is 0 Å². The summed E-state index contributed by atoms with van der Waals surface area (Å²) >= 11 is 0. The van der Waals surface area contributed by atoms with Crippen molar-refractivity contribution in [2.75, 3.05) is 58.1 Å². The second kappa shape index (κ2) is 11.1. The fraction of sp³-hybridized carbons (Fsp3) is 0.432. The van der Waals surface area contributed by atoms with Gasteiger partial charge < -0.3 is 14.7 Å². The monoisotopic (exact) mass is 549 g/mol. The molecule has 2 aromatic carbocycles. The lowest BCUT2D eigenvalue weighted by molar-refractivity contribution is -0.496. The van der Waals surface area contributed by atoms with Crippen LogP contribution in [0.25, 0.3) is 0 Å². The third-order valence-corrected chi connectivity index (χ3v) is 9.53. The van der Waals surface area contributed by atoms with Gasteiger partial charge >= 0.3 is 0 Å². The molecule has 1 fully saturated rings. The topological polar surface area (TPSA) is 12.7 Å². The largest absolute Gasteiger partial charge is 0.347 e. The number of fused-ring (bicyclic) bond motifs is 2. The van der Waals surface area contributed by atoms with E-state index in [1.165, 1.54) is 57.2 Å². The molecule has 2 aromatic rings. The summed E-state index contributed by atoms with van der Waals surface area (Å²) in [6, 6.07) is 17.7. The molecule has 5 rings (SSSR count). The molecule has 0 N–H and O–H groups in total. The van der Waals surface area contributed by atoms with E-state index in [-0.39, 0.29) is 10.8 Å². The smallest absolute Gasteiger partial charge is 0.206 e. The summed E-state index contributed by atoms with van der Waals surface area (Å²) in [6.45, 7) is 11.4. The Balaban J connectivity index is 1.56. The molecule has 0 bridgehead atoms. The number of likely N-dealkylation sites (N-methyl/N-ethyl adjacent to an activating group) is 4. The second-order valence-corrected chi connectivity index (χ2v) is 13.3. The molecule has 41 heavy (non-hydrogen) atoms. The van der Waals surface area contributed by atoms with Crippen LogP contribution in [-0.4, -0.2) is 63.5 Å². The maximum absolute atomic E-state index is 2.49. The summed E-state index contributed by atoms with van der Waals surface area (Å²) < 4.78 is 2.49. The molecule has 3 aliphatic rings. The first-order chi connectivity index (χ1) is 19.4. The summed E-state index contributed by atoms with van der Waals surface area (Å²) in [4.78, 5) is 7.03. The molecule has 1 aliphatic carbocycles. The Morgan fingerprint density at radius 3 is 1.59 bits per heavy atom. The molecule has 0 unspecified atom stereocenters. The first-order valence-corrected chi connectivity index (χ1v) is 15.2. The van der Waals surface area contributed by atoms with Gasteiger partial charge in [-0.2, -0.15) is 0 Å². The maximum Gasteiger partial charge on any atom is 0.206 e. The van der Waals surface area contributed by atoms with Gasteiger partial charge in [-0.1, -0.05) is 76.2 Å². The van der Waals surface area contributed by atoms with E-state index in [0.717, 1.165) is 25.9 Å². The van der Waals surface area contributed by atoms with Gasteiger partial charge in [0.2, 0.25) is 5.71 Å². The Kier molecular flexibility index (Phi) is 7.91. The lowest BCUT2D eigenvalue weighted by Gasteiger charge is -2.25. The van der Waals surface area contributed by atoms with Crippen LogP contribution < -0.4 is 9.80 Å². The molecule has 1 saturated carbocycles. The van der Waals surface area contributed by atoms with Crippen LogP contribution in [0.15, 0.2) is 95.4 Å². The molecule has 0 aromatic heterocycles. The van der Waals surface area contributed by atoms with E-state index in [9.17, 15) is 0 Å². The summed E-state index contributed by atoms with van der Waals surface area (Å²) in [6.07, 6.45) is 13.0. The highest BCUT2D eigenvalue weighted by Gasteiger charge is 2.39. The van der Waals surface area contributed by atoms with Gasteiger partial charge in [0.05, 0.1) is 6.54 Å². The van der Waals surface area contributed by atoms with Crippen LogP contribution in [0.1, 0.15) is 58.1 Å². The molecule has 0 spiro atoms. The molecule has 4 nitrogen and oxygen atoms in total. The summed E-state index contributed by atoms with van der Waals surface area (Å²) in [7, 11) is 11.0.